The number of aromatic hydroxyl groups is 2. The molecule has 0 unspecified atom stereocenters. The third-order valence-electron chi connectivity index (χ3n) is 7.56. The Morgan fingerprint density at radius 1 is 0.833 bits per heavy atom. The van der Waals surface area contributed by atoms with Crippen molar-refractivity contribution in [3.8, 4) is 11.8 Å². The number of piperidine rings is 1. The molecule has 0 amide bonds. The number of nitrogens with zero attached hydrogens (tertiary/aromatic N) is 2. The third kappa shape index (κ3) is 6.42. The van der Waals surface area contributed by atoms with E-state index in [1.807, 2.05) is 6.07 Å². The highest BCUT2D eigenvalue weighted by Gasteiger charge is 2.44. The van der Waals surface area contributed by atoms with Crippen molar-refractivity contribution in [2.24, 2.45) is 0 Å². The first-order valence-electron chi connectivity index (χ1n) is 12.5. The molecular formula is C26H48N2O2. The zero-order valence-electron chi connectivity index (χ0n) is 20.6. The van der Waals surface area contributed by atoms with E-state index < -0.39 is 0 Å². The van der Waals surface area contributed by atoms with Crippen LogP contribution >= 0.6 is 0 Å². The van der Waals surface area contributed by atoms with Crippen LogP contribution in [0, 0.1) is 0 Å². The van der Waals surface area contributed by atoms with Crippen LogP contribution in [0.25, 0.3) is 0 Å². The number of likely N-dealkylation sites (tertiary alicyclic amines) is 1. The van der Waals surface area contributed by atoms with Crippen molar-refractivity contribution in [1.29, 1.82) is 0 Å². The normalized spacial score (nSPS) is 19.4. The van der Waals surface area contributed by atoms with Crippen LogP contribution in [-0.4, -0.2) is 37.8 Å². The minimum atomic E-state index is 0.0626. The lowest BCUT2D eigenvalue weighted by molar-refractivity contribution is -0.0131. The van der Waals surface area contributed by atoms with Gasteiger partial charge in [-0.1, -0.05) is 64.7 Å². The van der Waals surface area contributed by atoms with Crippen molar-refractivity contribution in [3.05, 3.63) is 11.6 Å². The van der Waals surface area contributed by atoms with Crippen LogP contribution in [0.4, 0.5) is 0 Å². The molecule has 0 spiro atoms. The molecule has 174 valence electrons. The van der Waals surface area contributed by atoms with Gasteiger partial charge in [-0.2, -0.15) is 0 Å². The summed E-state index contributed by atoms with van der Waals surface area (Å²) < 4.78 is 1.72. The van der Waals surface area contributed by atoms with Gasteiger partial charge in [0.2, 0.25) is 0 Å². The van der Waals surface area contributed by atoms with Gasteiger partial charge in [-0.25, -0.2) is 0 Å². The molecule has 0 bridgehead atoms. The first-order valence-corrected chi connectivity index (χ1v) is 12.5. The van der Waals surface area contributed by atoms with Crippen molar-refractivity contribution in [1.82, 2.24) is 9.47 Å². The second-order valence-corrected chi connectivity index (χ2v) is 10.9. The largest absolute Gasteiger partial charge is 0.494 e. The number of aromatic nitrogens is 1. The Morgan fingerprint density at radius 2 is 1.30 bits per heavy atom. The molecule has 1 aliphatic heterocycles. The van der Waals surface area contributed by atoms with Crippen molar-refractivity contribution in [3.63, 3.8) is 0 Å². The van der Waals surface area contributed by atoms with Gasteiger partial charge in [0.15, 0.2) is 11.8 Å². The summed E-state index contributed by atoms with van der Waals surface area (Å²) >= 11 is 0. The van der Waals surface area contributed by atoms with Crippen molar-refractivity contribution in [2.75, 3.05) is 7.05 Å². The lowest BCUT2D eigenvalue weighted by atomic mass is 9.72. The molecule has 1 aromatic rings. The average Bonchev–Trinajstić information content (AvgIpc) is 2.95. The molecule has 30 heavy (non-hydrogen) atoms. The summed E-state index contributed by atoms with van der Waals surface area (Å²) in [6.45, 7) is 12.1. The molecule has 4 heteroatoms. The van der Waals surface area contributed by atoms with Gasteiger partial charge in [0, 0.05) is 29.3 Å². The lowest BCUT2D eigenvalue weighted by Gasteiger charge is -2.53. The van der Waals surface area contributed by atoms with Gasteiger partial charge in [0.1, 0.15) is 0 Å². The Labute approximate surface area is 185 Å². The Kier molecular flexibility index (Phi) is 9.14. The summed E-state index contributed by atoms with van der Waals surface area (Å²) in [5, 5.41) is 21.4. The van der Waals surface area contributed by atoms with Crippen molar-refractivity contribution >= 4 is 0 Å². The van der Waals surface area contributed by atoms with E-state index in [2.05, 4.69) is 46.6 Å². The van der Waals surface area contributed by atoms with Gasteiger partial charge in [0.05, 0.1) is 0 Å². The van der Waals surface area contributed by atoms with Crippen LogP contribution in [0.5, 0.6) is 11.8 Å². The Morgan fingerprint density at radius 3 is 1.80 bits per heavy atom. The molecule has 4 nitrogen and oxygen atoms in total. The molecule has 1 aliphatic rings. The maximum absolute atomic E-state index is 10.9. The summed E-state index contributed by atoms with van der Waals surface area (Å²) in [6, 6.07) is 1.81. The van der Waals surface area contributed by atoms with Crippen LogP contribution in [-0.2, 0) is 6.54 Å². The van der Waals surface area contributed by atoms with Crippen LogP contribution < -0.4 is 0 Å². The molecule has 1 fully saturated rings. The minimum Gasteiger partial charge on any atom is -0.494 e. The maximum atomic E-state index is 10.9. The quantitative estimate of drug-likeness (QED) is 0.352. The smallest absolute Gasteiger partial charge is 0.197 e. The summed E-state index contributed by atoms with van der Waals surface area (Å²) in [5.41, 5.74) is 1.05. The molecule has 2 rings (SSSR count). The van der Waals surface area contributed by atoms with Gasteiger partial charge >= 0.3 is 0 Å². The number of unbranched alkanes of at least 4 members (excludes halogenated alkanes) is 9. The topological polar surface area (TPSA) is 48.6 Å². The highest BCUT2D eigenvalue weighted by Crippen LogP contribution is 2.48. The van der Waals surface area contributed by atoms with Crippen LogP contribution in [0.1, 0.15) is 123 Å². The fourth-order valence-electron chi connectivity index (χ4n) is 5.42. The van der Waals surface area contributed by atoms with E-state index in [1.165, 1.54) is 51.4 Å². The molecule has 2 N–H and O–H groups in total. The van der Waals surface area contributed by atoms with Crippen molar-refractivity contribution in [2.45, 2.75) is 135 Å². The molecule has 1 aromatic heterocycles. The van der Waals surface area contributed by atoms with Gasteiger partial charge < -0.3 is 10.2 Å². The monoisotopic (exact) mass is 420 g/mol. The molecule has 0 saturated carbocycles. The molecule has 0 atom stereocenters. The predicted octanol–water partition coefficient (Wildman–Crippen LogP) is 7.19. The van der Waals surface area contributed by atoms with E-state index in [0.717, 1.165) is 31.2 Å². The van der Waals surface area contributed by atoms with Gasteiger partial charge in [-0.3, -0.25) is 9.47 Å². The summed E-state index contributed by atoms with van der Waals surface area (Å²) in [5.74, 6) is 0.767. The van der Waals surface area contributed by atoms with Gasteiger partial charge in [-0.05, 0) is 59.9 Å². The highest BCUT2D eigenvalue weighted by molar-refractivity contribution is 5.39. The van der Waals surface area contributed by atoms with Gasteiger partial charge in [-0.15, -0.1) is 0 Å². The number of hydrogen-bond donors (Lipinski definition) is 2. The zero-order chi connectivity index (χ0) is 22.4. The molecule has 1 saturated heterocycles. The van der Waals surface area contributed by atoms with E-state index >= 15 is 0 Å². The average molecular weight is 421 g/mol. The van der Waals surface area contributed by atoms with Crippen LogP contribution in [0.3, 0.4) is 0 Å². The van der Waals surface area contributed by atoms with E-state index in [9.17, 15) is 10.2 Å². The third-order valence-corrected chi connectivity index (χ3v) is 7.56. The van der Waals surface area contributed by atoms with Crippen molar-refractivity contribution < 1.29 is 10.2 Å². The molecule has 0 aromatic carbocycles. The fraction of sp³-hybridized carbons (Fsp3) is 0.846. The predicted molar refractivity (Wildman–Crippen MR) is 128 cm³/mol. The maximum Gasteiger partial charge on any atom is 0.197 e. The minimum absolute atomic E-state index is 0.0626. The lowest BCUT2D eigenvalue weighted by Crippen LogP contribution is -2.58. The van der Waals surface area contributed by atoms with Crippen LogP contribution in [0.2, 0.25) is 0 Å². The second kappa shape index (κ2) is 10.9. The van der Waals surface area contributed by atoms with Gasteiger partial charge in [0.25, 0.3) is 0 Å². The number of hydrogen-bond acceptors (Lipinski definition) is 3. The summed E-state index contributed by atoms with van der Waals surface area (Å²) in [6.07, 6.45) is 14.9. The summed E-state index contributed by atoms with van der Waals surface area (Å²) in [7, 11) is 2.20. The fourth-order valence-corrected chi connectivity index (χ4v) is 5.42. The van der Waals surface area contributed by atoms with E-state index in [0.29, 0.717) is 6.54 Å². The van der Waals surface area contributed by atoms with Crippen LogP contribution in [0.15, 0.2) is 6.07 Å². The van der Waals surface area contributed by atoms with E-state index in [4.69, 9.17) is 0 Å². The Bertz CT molecular complexity index is 630. The molecule has 2 heterocycles. The molecular weight excluding hydrogens is 372 g/mol. The van der Waals surface area contributed by atoms with E-state index in [1.54, 1.807) is 4.57 Å². The Balaban J connectivity index is 1.83. The number of rotatable bonds is 12. The first kappa shape index (κ1) is 25.1. The summed E-state index contributed by atoms with van der Waals surface area (Å²) in [4.78, 5) is 2.45. The van der Waals surface area contributed by atoms with E-state index in [-0.39, 0.29) is 28.8 Å². The zero-order valence-corrected chi connectivity index (χ0v) is 20.6. The Hall–Kier alpha value is -1.16. The second-order valence-electron chi connectivity index (χ2n) is 10.9. The molecule has 0 radical (unpaired) electrons. The SMILES string of the molecule is CCCCCCCCCCCCn1c(O)cc(C2CC(C)(C)N(C)C(C)(C)C2)c1O. The standard InChI is InChI=1S/C26H48N2O2/c1-7-8-9-10-11-12-13-14-15-16-17-28-23(29)18-22(24(28)30)21-19-25(2,3)27(6)26(4,5)20-21/h18,21,29-30H,7-17,19-20H2,1-6H3. The first-order chi connectivity index (χ1) is 14.1. The molecule has 0 aliphatic carbocycles. The highest BCUT2D eigenvalue weighted by atomic mass is 16.3.